The summed E-state index contributed by atoms with van der Waals surface area (Å²) in [6.45, 7) is 0. The van der Waals surface area contributed by atoms with Gasteiger partial charge in [0.15, 0.2) is 39.7 Å². The minimum absolute atomic E-state index is 0.0434. The number of ketones is 1. The second-order valence-electron chi connectivity index (χ2n) is 11.3. The van der Waals surface area contributed by atoms with Gasteiger partial charge in [0.2, 0.25) is 11.8 Å². The summed E-state index contributed by atoms with van der Waals surface area (Å²) in [6.07, 6.45) is 3.22. The second-order valence-corrected chi connectivity index (χ2v) is 11.3. The van der Waals surface area contributed by atoms with Gasteiger partial charge in [-0.2, -0.15) is 9.97 Å². The molecule has 0 aliphatic carbocycles. The predicted octanol–water partition coefficient (Wildman–Crippen LogP) is 6.70. The molecule has 0 bridgehead atoms. The maximum Gasteiger partial charge on any atom is 0.338 e. The number of hydrogen-bond acceptors (Lipinski definition) is 15. The van der Waals surface area contributed by atoms with Gasteiger partial charge >= 0.3 is 11.9 Å². The van der Waals surface area contributed by atoms with Crippen LogP contribution in [0.3, 0.4) is 0 Å². The number of benzene rings is 3. The second kappa shape index (κ2) is 15.8. The van der Waals surface area contributed by atoms with Gasteiger partial charge in [-0.3, -0.25) is 14.9 Å². The van der Waals surface area contributed by atoms with Crippen molar-refractivity contribution in [1.82, 2.24) is 19.9 Å². The normalized spacial score (nSPS) is 10.7. The Kier molecular flexibility index (Phi) is 10.6. The van der Waals surface area contributed by atoms with E-state index in [0.717, 1.165) is 6.07 Å². The summed E-state index contributed by atoms with van der Waals surface area (Å²) in [4.78, 5) is 64.0. The van der Waals surface area contributed by atoms with E-state index in [1.54, 1.807) is 73.1 Å². The number of nitrogens with zero attached hydrogens (tertiary/aromatic N) is 5. The number of esters is 2. The molecule has 7 aromatic rings. The maximum absolute atomic E-state index is 13.0. The van der Waals surface area contributed by atoms with E-state index in [-0.39, 0.29) is 34.9 Å². The van der Waals surface area contributed by atoms with Gasteiger partial charge in [0.05, 0.1) is 44.5 Å². The fraction of sp³-hybridized carbons (Fsp3) is 0.132. The number of non-ortho nitro benzene ring substituents is 1. The van der Waals surface area contributed by atoms with Crippen molar-refractivity contribution in [3.05, 3.63) is 124 Å². The fourth-order valence-corrected chi connectivity index (χ4v) is 5.31. The smallest absolute Gasteiger partial charge is 0.338 e. The number of carbonyl (C=O) groups is 3. The molecule has 16 nitrogen and oxygen atoms in total. The van der Waals surface area contributed by atoms with Crippen molar-refractivity contribution < 1.29 is 47.1 Å². The number of oxazole rings is 2. The molecule has 0 radical (unpaired) electrons. The number of rotatable bonds is 10. The first kappa shape index (κ1) is 36.3. The van der Waals surface area contributed by atoms with E-state index in [1.807, 2.05) is 0 Å². The zero-order chi connectivity index (χ0) is 38.4. The van der Waals surface area contributed by atoms with Crippen LogP contribution in [0.4, 0.5) is 5.69 Å². The maximum atomic E-state index is 13.0. The minimum atomic E-state index is -0.681. The summed E-state index contributed by atoms with van der Waals surface area (Å²) < 4.78 is 31.3. The quantitative estimate of drug-likeness (QED) is 0.0620. The van der Waals surface area contributed by atoms with Gasteiger partial charge < -0.3 is 27.8 Å². The molecule has 0 N–H and O–H groups in total. The van der Waals surface area contributed by atoms with Gasteiger partial charge in [0, 0.05) is 47.6 Å². The van der Waals surface area contributed by atoms with E-state index >= 15 is 0 Å². The first-order chi connectivity index (χ1) is 26.1. The largest absolute Gasteiger partial charge is 0.493 e. The lowest BCUT2D eigenvalue weighted by Crippen LogP contribution is -2.07. The Bertz CT molecular complexity index is 2480. The Balaban J connectivity index is 0.000000197. The number of methoxy groups -OCH3 is 4. The number of Topliss-reactive ketones (excluding diaryl/α,β-unsaturated/α-hetero) is 1. The Morgan fingerprint density at radius 1 is 0.667 bits per heavy atom. The molecule has 16 heteroatoms. The molecule has 0 saturated heterocycles. The zero-order valence-electron chi connectivity index (χ0n) is 29.1. The van der Waals surface area contributed by atoms with Crippen LogP contribution in [0.15, 0.2) is 100 Å². The van der Waals surface area contributed by atoms with Crippen LogP contribution in [0.25, 0.3) is 45.4 Å². The van der Waals surface area contributed by atoms with Gasteiger partial charge in [-0.15, -0.1) is 0 Å². The lowest BCUT2D eigenvalue weighted by molar-refractivity contribution is -0.384. The molecule has 0 amide bonds. The van der Waals surface area contributed by atoms with Crippen molar-refractivity contribution in [2.45, 2.75) is 6.42 Å². The van der Waals surface area contributed by atoms with Crippen LogP contribution in [-0.2, 0) is 15.9 Å². The molecule has 7 rings (SSSR count). The highest BCUT2D eigenvalue weighted by Gasteiger charge is 2.20. The Morgan fingerprint density at radius 3 is 1.74 bits per heavy atom. The number of aromatic nitrogens is 4. The molecule has 0 aliphatic heterocycles. The summed E-state index contributed by atoms with van der Waals surface area (Å²) >= 11 is 0. The van der Waals surface area contributed by atoms with Crippen LogP contribution < -0.4 is 9.47 Å². The first-order valence-electron chi connectivity index (χ1n) is 15.9. The number of carbonyl (C=O) groups excluding carboxylic acids is 3. The molecular formula is C38H29N5O11. The Labute approximate surface area is 305 Å². The van der Waals surface area contributed by atoms with E-state index in [9.17, 15) is 24.5 Å². The predicted molar refractivity (Wildman–Crippen MR) is 191 cm³/mol. The lowest BCUT2D eigenvalue weighted by atomic mass is 9.98. The highest BCUT2D eigenvalue weighted by molar-refractivity contribution is 5.99. The Hall–Kier alpha value is -7.49. The number of hydrogen-bond donors (Lipinski definition) is 0. The lowest BCUT2D eigenvalue weighted by Gasteiger charge is -2.10. The SMILES string of the molecule is COC(=O)c1cc(-c2nc3ncccc3o2)cc([N+](=O)[O-])c1.COC(=O)c1cc(CC(=O)c2ccc(OC)c(OC)c2)cc(-c2nc3ncccc3o2)c1. The zero-order valence-corrected chi connectivity index (χ0v) is 29.1. The molecule has 0 fully saturated rings. The van der Waals surface area contributed by atoms with E-state index in [0.29, 0.717) is 62.1 Å². The van der Waals surface area contributed by atoms with Crippen LogP contribution in [0.5, 0.6) is 11.5 Å². The number of fused-ring (bicyclic) bond motifs is 2. The van der Waals surface area contributed by atoms with E-state index < -0.39 is 16.9 Å². The summed E-state index contributed by atoms with van der Waals surface area (Å²) in [7, 11) is 5.53. The molecule has 4 heterocycles. The highest BCUT2D eigenvalue weighted by atomic mass is 16.6. The molecule has 272 valence electrons. The van der Waals surface area contributed by atoms with Crippen LogP contribution in [0, 0.1) is 10.1 Å². The van der Waals surface area contributed by atoms with Crippen molar-refractivity contribution in [3.63, 3.8) is 0 Å². The topological polar surface area (TPSA) is 209 Å². The molecule has 4 aromatic heterocycles. The summed E-state index contributed by atoms with van der Waals surface area (Å²) in [5, 5.41) is 11.0. The van der Waals surface area contributed by atoms with Crippen molar-refractivity contribution in [1.29, 1.82) is 0 Å². The van der Waals surface area contributed by atoms with Crippen LogP contribution >= 0.6 is 0 Å². The molecule has 0 unspecified atom stereocenters. The van der Waals surface area contributed by atoms with E-state index in [2.05, 4.69) is 24.7 Å². The summed E-state index contributed by atoms with van der Waals surface area (Å²) in [6, 6.07) is 20.7. The average Bonchev–Trinajstić information content (AvgIpc) is 3.85. The van der Waals surface area contributed by atoms with Gasteiger partial charge in [-0.1, -0.05) is 0 Å². The molecule has 0 spiro atoms. The van der Waals surface area contributed by atoms with Crippen LogP contribution in [0.1, 0.15) is 36.6 Å². The van der Waals surface area contributed by atoms with Crippen molar-refractivity contribution in [2.75, 3.05) is 28.4 Å². The molecule has 3 aromatic carbocycles. The third kappa shape index (κ3) is 7.86. The monoisotopic (exact) mass is 731 g/mol. The molecular weight excluding hydrogens is 702 g/mol. The van der Waals surface area contributed by atoms with Gasteiger partial charge in [-0.25, -0.2) is 19.6 Å². The third-order valence-corrected chi connectivity index (χ3v) is 7.86. The first-order valence-corrected chi connectivity index (χ1v) is 15.9. The van der Waals surface area contributed by atoms with Crippen LogP contribution in [0.2, 0.25) is 0 Å². The molecule has 0 saturated carbocycles. The van der Waals surface area contributed by atoms with Crippen LogP contribution in [-0.4, -0.2) is 71.0 Å². The average molecular weight is 732 g/mol. The third-order valence-electron chi connectivity index (χ3n) is 7.86. The molecule has 0 atom stereocenters. The van der Waals surface area contributed by atoms with Gasteiger partial charge in [-0.05, 0) is 72.3 Å². The summed E-state index contributed by atoms with van der Waals surface area (Å²) in [5.74, 6) is 0.0648. The number of nitro groups is 1. The standard InChI is InChI=1S/C24H20N2O6.C14H9N3O5/c1-29-19-7-6-15(13-21(19)30-2)18(27)11-14-9-16(12-17(10-14)24(28)31-3)23-26-22-20(32-23)5-4-8-25-22;1-21-14(18)9-5-8(6-10(7-9)17(19)20)13-16-12-11(22-13)3-2-4-15-12/h4-10,12-13H,11H2,1-3H3;2-7H,1H3. The van der Waals surface area contributed by atoms with E-state index in [4.69, 9.17) is 23.0 Å². The number of ether oxygens (including phenoxy) is 4. The molecule has 54 heavy (non-hydrogen) atoms. The highest BCUT2D eigenvalue weighted by Crippen LogP contribution is 2.31. The Morgan fingerprint density at radius 2 is 1.22 bits per heavy atom. The number of nitro benzene ring substituents is 1. The summed E-state index contributed by atoms with van der Waals surface area (Å²) in [5.41, 5.74) is 3.78. The van der Waals surface area contributed by atoms with Crippen molar-refractivity contribution in [3.8, 4) is 34.4 Å². The number of pyridine rings is 2. The molecule has 0 aliphatic rings. The van der Waals surface area contributed by atoms with Gasteiger partial charge in [0.1, 0.15) is 0 Å². The van der Waals surface area contributed by atoms with E-state index in [1.165, 1.54) is 40.6 Å². The fourth-order valence-electron chi connectivity index (χ4n) is 5.31. The van der Waals surface area contributed by atoms with Gasteiger partial charge in [0.25, 0.3) is 5.69 Å². The van der Waals surface area contributed by atoms with Crippen molar-refractivity contribution in [2.24, 2.45) is 0 Å². The minimum Gasteiger partial charge on any atom is -0.493 e. The van der Waals surface area contributed by atoms with Crippen molar-refractivity contribution >= 4 is 45.9 Å².